The summed E-state index contributed by atoms with van der Waals surface area (Å²) in [4.78, 5) is 10.6. The molecule has 12 aromatic rings. The lowest BCUT2D eigenvalue weighted by Crippen LogP contribution is -1.94. The van der Waals surface area contributed by atoms with E-state index in [1.807, 2.05) is 23.5 Å². The van der Waals surface area contributed by atoms with Gasteiger partial charge >= 0.3 is 0 Å². The summed E-state index contributed by atoms with van der Waals surface area (Å²) in [5.74, 6) is 0. The van der Waals surface area contributed by atoms with Crippen LogP contribution in [0.25, 0.3) is 112 Å². The molecule has 3 nitrogen and oxygen atoms in total. The first-order valence-corrected chi connectivity index (χ1v) is 19.9. The highest BCUT2D eigenvalue weighted by atomic mass is 35.5. The van der Waals surface area contributed by atoms with Crippen LogP contribution in [0.2, 0.25) is 5.15 Å². The largest absolute Gasteiger partial charge is 0.308 e. The fourth-order valence-electron chi connectivity index (χ4n) is 8.52. The lowest BCUT2D eigenvalue weighted by molar-refractivity contribution is 1.19. The van der Waals surface area contributed by atoms with Crippen LogP contribution in [0.4, 0.5) is 0 Å². The summed E-state index contributed by atoms with van der Waals surface area (Å²) in [6.45, 7) is 0. The fourth-order valence-corrected chi connectivity index (χ4v) is 11.0. The molecule has 0 unspecified atom stereocenters. The molecule has 0 saturated carbocycles. The number of hydrogen-bond donors (Lipinski definition) is 0. The first-order valence-electron chi connectivity index (χ1n) is 17.9. The Labute approximate surface area is 321 Å². The van der Waals surface area contributed by atoms with Crippen molar-refractivity contribution in [3.8, 4) is 28.1 Å². The standard InChI is InChI=1S/C48H26ClN3S2/c49-47-43(51-48-44(50-47)36-14-6-8-16-38(36)54-48)30-19-17-27(18-20-30)28-21-24-31(25-22-28)52-37-15-7-5-13-35(37)40-33-11-3-4-12-34(33)42-41-32-10-2-1-9-29(32)23-26-39(41)53-46(42)45(40)52/h1-26H. The van der Waals surface area contributed by atoms with E-state index in [1.54, 1.807) is 11.3 Å². The van der Waals surface area contributed by atoms with Gasteiger partial charge in [-0.3, -0.25) is 0 Å². The van der Waals surface area contributed by atoms with Crippen molar-refractivity contribution in [1.82, 2.24) is 14.5 Å². The molecular weight excluding hydrogens is 718 g/mol. The third kappa shape index (κ3) is 4.29. The summed E-state index contributed by atoms with van der Waals surface area (Å²) in [6.07, 6.45) is 0. The number of rotatable bonds is 3. The molecule has 4 aromatic heterocycles. The predicted octanol–water partition coefficient (Wildman–Crippen LogP) is 14.6. The number of nitrogens with zero attached hydrogens (tertiary/aromatic N) is 3. The van der Waals surface area contributed by atoms with E-state index in [-0.39, 0.29) is 0 Å². The lowest BCUT2D eigenvalue weighted by atomic mass is 9.96. The molecule has 4 heterocycles. The van der Waals surface area contributed by atoms with Crippen molar-refractivity contribution in [2.75, 3.05) is 0 Å². The number of benzene rings is 8. The van der Waals surface area contributed by atoms with Crippen molar-refractivity contribution in [2.24, 2.45) is 0 Å². The summed E-state index contributed by atoms with van der Waals surface area (Å²) in [7, 11) is 0. The maximum absolute atomic E-state index is 6.75. The molecule has 0 spiro atoms. The second-order valence-electron chi connectivity index (χ2n) is 13.8. The number of fused-ring (bicyclic) bond motifs is 15. The van der Waals surface area contributed by atoms with Crippen LogP contribution >= 0.6 is 34.3 Å². The van der Waals surface area contributed by atoms with E-state index in [2.05, 4.69) is 150 Å². The highest BCUT2D eigenvalue weighted by Gasteiger charge is 2.22. The Morgan fingerprint density at radius 3 is 1.89 bits per heavy atom. The van der Waals surface area contributed by atoms with Crippen LogP contribution in [-0.2, 0) is 0 Å². The van der Waals surface area contributed by atoms with Gasteiger partial charge in [-0.05, 0) is 63.0 Å². The second-order valence-corrected chi connectivity index (χ2v) is 16.3. The number of para-hydroxylation sites is 1. The van der Waals surface area contributed by atoms with Gasteiger partial charge < -0.3 is 4.57 Å². The van der Waals surface area contributed by atoms with Crippen LogP contribution in [-0.4, -0.2) is 14.5 Å². The third-order valence-electron chi connectivity index (χ3n) is 10.9. The molecule has 0 radical (unpaired) electrons. The normalized spacial score (nSPS) is 12.2. The highest BCUT2D eigenvalue weighted by Crippen LogP contribution is 2.49. The molecule has 6 heteroatoms. The summed E-state index contributed by atoms with van der Waals surface area (Å²) in [5, 5.41) is 11.9. The number of thiophene rings is 2. The Hall–Kier alpha value is -6.11. The monoisotopic (exact) mass is 743 g/mol. The molecule has 0 amide bonds. The molecule has 0 aliphatic carbocycles. The minimum absolute atomic E-state index is 0.419. The van der Waals surface area contributed by atoms with Crippen LogP contribution in [0.15, 0.2) is 158 Å². The Morgan fingerprint density at radius 1 is 0.463 bits per heavy atom. The van der Waals surface area contributed by atoms with Crippen LogP contribution in [0.5, 0.6) is 0 Å². The van der Waals surface area contributed by atoms with E-state index < -0.39 is 0 Å². The van der Waals surface area contributed by atoms with Crippen LogP contribution in [0.1, 0.15) is 0 Å². The Bertz CT molecular complexity index is 3500. The quantitative estimate of drug-likeness (QED) is 0.180. The van der Waals surface area contributed by atoms with Gasteiger partial charge in [0.1, 0.15) is 16.0 Å². The predicted molar refractivity (Wildman–Crippen MR) is 233 cm³/mol. The summed E-state index contributed by atoms with van der Waals surface area (Å²) in [6, 6.07) is 56.9. The first-order chi connectivity index (χ1) is 26.7. The molecular formula is C48H26ClN3S2. The zero-order valence-corrected chi connectivity index (χ0v) is 30.9. The summed E-state index contributed by atoms with van der Waals surface area (Å²) >= 11 is 10.3. The summed E-state index contributed by atoms with van der Waals surface area (Å²) < 4.78 is 6.28. The first kappa shape index (κ1) is 30.4. The molecule has 252 valence electrons. The van der Waals surface area contributed by atoms with E-state index >= 15 is 0 Å². The average Bonchev–Trinajstić information content (AvgIpc) is 3.91. The minimum Gasteiger partial charge on any atom is -0.308 e. The van der Waals surface area contributed by atoms with Gasteiger partial charge in [-0.2, -0.15) is 0 Å². The molecule has 0 aliphatic rings. The van der Waals surface area contributed by atoms with Gasteiger partial charge in [0.25, 0.3) is 0 Å². The third-order valence-corrected chi connectivity index (χ3v) is 13.4. The Balaban J connectivity index is 1.02. The van der Waals surface area contributed by atoms with Crippen molar-refractivity contribution in [3.63, 3.8) is 0 Å². The van der Waals surface area contributed by atoms with Crippen molar-refractivity contribution in [1.29, 1.82) is 0 Å². The maximum Gasteiger partial charge on any atom is 0.156 e. The van der Waals surface area contributed by atoms with E-state index in [0.717, 1.165) is 42.8 Å². The van der Waals surface area contributed by atoms with E-state index in [9.17, 15) is 0 Å². The van der Waals surface area contributed by atoms with E-state index in [0.29, 0.717) is 10.8 Å². The van der Waals surface area contributed by atoms with Gasteiger partial charge in [-0.25, -0.2) is 9.97 Å². The number of hydrogen-bond acceptors (Lipinski definition) is 4. The topological polar surface area (TPSA) is 30.7 Å². The molecule has 0 fully saturated rings. The zero-order valence-electron chi connectivity index (χ0n) is 28.5. The number of aromatic nitrogens is 3. The van der Waals surface area contributed by atoms with Crippen molar-refractivity contribution < 1.29 is 0 Å². The Kier molecular flexibility index (Phi) is 6.43. The Morgan fingerprint density at radius 2 is 1.09 bits per heavy atom. The molecule has 0 bridgehead atoms. The molecule has 8 aromatic carbocycles. The SMILES string of the molecule is Clc1nc2c(nc1-c1ccc(-c3ccc(-n4c5ccccc5c5c6ccccc6c6c(sc7ccc8ccccc8c76)c54)cc3)cc1)sc1ccccc12. The molecule has 0 N–H and O–H groups in total. The van der Waals surface area contributed by atoms with Crippen molar-refractivity contribution in [3.05, 3.63) is 163 Å². The maximum atomic E-state index is 6.75. The molecule has 0 aliphatic heterocycles. The fraction of sp³-hybridized carbons (Fsp3) is 0. The van der Waals surface area contributed by atoms with Crippen LogP contribution in [0.3, 0.4) is 0 Å². The molecule has 0 saturated heterocycles. The highest BCUT2D eigenvalue weighted by molar-refractivity contribution is 7.27. The van der Waals surface area contributed by atoms with Crippen molar-refractivity contribution in [2.45, 2.75) is 0 Å². The summed E-state index contributed by atoms with van der Waals surface area (Å²) in [5.41, 5.74) is 8.40. The van der Waals surface area contributed by atoms with Gasteiger partial charge in [0.2, 0.25) is 0 Å². The smallest absolute Gasteiger partial charge is 0.156 e. The minimum atomic E-state index is 0.419. The molecule has 0 atom stereocenters. The van der Waals surface area contributed by atoms with Crippen molar-refractivity contribution >= 4 is 118 Å². The van der Waals surface area contributed by atoms with Gasteiger partial charge in [0, 0.05) is 47.6 Å². The second kappa shape index (κ2) is 11.4. The molecule has 54 heavy (non-hydrogen) atoms. The van der Waals surface area contributed by atoms with Gasteiger partial charge in [0.15, 0.2) is 5.15 Å². The van der Waals surface area contributed by atoms with Crippen LogP contribution < -0.4 is 0 Å². The zero-order chi connectivity index (χ0) is 35.5. The van der Waals surface area contributed by atoms with E-state index in [4.69, 9.17) is 21.6 Å². The van der Waals surface area contributed by atoms with Gasteiger partial charge in [-0.1, -0.05) is 139 Å². The van der Waals surface area contributed by atoms with Gasteiger partial charge in [0.05, 0.1) is 15.7 Å². The average molecular weight is 744 g/mol. The number of halogens is 1. The van der Waals surface area contributed by atoms with Gasteiger partial charge in [-0.15, -0.1) is 22.7 Å². The molecule has 12 rings (SSSR count). The lowest BCUT2D eigenvalue weighted by Gasteiger charge is -2.12. The van der Waals surface area contributed by atoms with E-state index in [1.165, 1.54) is 63.5 Å². The van der Waals surface area contributed by atoms with Crippen LogP contribution in [0, 0.1) is 0 Å².